The van der Waals surface area contributed by atoms with Gasteiger partial charge in [-0.15, -0.1) is 0 Å². The lowest BCUT2D eigenvalue weighted by Crippen LogP contribution is -2.58. The van der Waals surface area contributed by atoms with Crippen molar-refractivity contribution in [2.24, 2.45) is 0 Å². The quantitative estimate of drug-likeness (QED) is 0.828. The van der Waals surface area contributed by atoms with E-state index in [0.29, 0.717) is 12.8 Å². The molecule has 1 saturated carbocycles. The van der Waals surface area contributed by atoms with Crippen LogP contribution in [0.25, 0.3) is 0 Å². The molecule has 2 N–H and O–H groups in total. The lowest BCUT2D eigenvalue weighted by Gasteiger charge is -2.41. The van der Waals surface area contributed by atoms with Gasteiger partial charge in [-0.3, -0.25) is 9.59 Å². The van der Waals surface area contributed by atoms with Gasteiger partial charge in [0.25, 0.3) is 0 Å². The number of benzene rings is 1. The molecule has 1 aliphatic rings. The van der Waals surface area contributed by atoms with Gasteiger partial charge >= 0.3 is 5.97 Å². The van der Waals surface area contributed by atoms with Crippen LogP contribution in [0.1, 0.15) is 37.7 Å². The van der Waals surface area contributed by atoms with Gasteiger partial charge in [0, 0.05) is 7.05 Å². The Kier molecular flexibility index (Phi) is 5.95. The van der Waals surface area contributed by atoms with Crippen LogP contribution in [0.5, 0.6) is 0 Å². The second kappa shape index (κ2) is 7.95. The summed E-state index contributed by atoms with van der Waals surface area (Å²) in [5.74, 6) is -1.59. The van der Waals surface area contributed by atoms with Gasteiger partial charge in [-0.25, -0.2) is 4.79 Å². The monoisotopic (exact) mass is 332 g/mol. The number of hydrogen-bond acceptors (Lipinski definition) is 3. The van der Waals surface area contributed by atoms with Crippen LogP contribution in [0.3, 0.4) is 0 Å². The molecule has 0 atom stereocenters. The van der Waals surface area contributed by atoms with Crippen molar-refractivity contribution in [1.29, 1.82) is 0 Å². The molecule has 1 aromatic carbocycles. The summed E-state index contributed by atoms with van der Waals surface area (Å²) in [6, 6.07) is 9.25. The molecule has 0 radical (unpaired) electrons. The summed E-state index contributed by atoms with van der Waals surface area (Å²) in [5.41, 5.74) is -0.274. The molecule has 0 bridgehead atoms. The van der Waals surface area contributed by atoms with Crippen LogP contribution in [0.15, 0.2) is 30.3 Å². The van der Waals surface area contributed by atoms with Gasteiger partial charge in [-0.1, -0.05) is 49.6 Å². The molecule has 0 unspecified atom stereocenters. The van der Waals surface area contributed by atoms with Gasteiger partial charge in [0.1, 0.15) is 5.54 Å². The van der Waals surface area contributed by atoms with E-state index in [-0.39, 0.29) is 24.8 Å². The highest BCUT2D eigenvalue weighted by atomic mass is 16.4. The second-order valence-electron chi connectivity index (χ2n) is 6.29. The second-order valence-corrected chi connectivity index (χ2v) is 6.29. The molecule has 2 rings (SSSR count). The number of carbonyl (C=O) groups excluding carboxylic acids is 2. The first-order valence-electron chi connectivity index (χ1n) is 8.26. The van der Waals surface area contributed by atoms with Crippen molar-refractivity contribution in [1.82, 2.24) is 10.2 Å². The highest BCUT2D eigenvalue weighted by Crippen LogP contribution is 2.33. The van der Waals surface area contributed by atoms with E-state index in [4.69, 9.17) is 0 Å². The van der Waals surface area contributed by atoms with Crippen LogP contribution in [0, 0.1) is 0 Å². The number of carboxylic acid groups (broad SMARTS) is 1. The van der Waals surface area contributed by atoms with Gasteiger partial charge < -0.3 is 15.3 Å². The van der Waals surface area contributed by atoms with Crippen LogP contribution in [0.4, 0.5) is 0 Å². The van der Waals surface area contributed by atoms with E-state index in [1.54, 1.807) is 0 Å². The summed E-state index contributed by atoms with van der Waals surface area (Å²) in [5, 5.41) is 12.2. The number of likely N-dealkylation sites (N-methyl/N-ethyl adjacent to an activating group) is 1. The zero-order valence-electron chi connectivity index (χ0n) is 14.0. The fourth-order valence-electron chi connectivity index (χ4n) is 3.20. The van der Waals surface area contributed by atoms with Crippen LogP contribution in [-0.2, 0) is 20.8 Å². The first kappa shape index (κ1) is 18.0. The summed E-state index contributed by atoms with van der Waals surface area (Å²) in [4.78, 5) is 37.3. The Morgan fingerprint density at radius 2 is 1.75 bits per heavy atom. The number of nitrogens with one attached hydrogen (secondary N) is 1. The van der Waals surface area contributed by atoms with Crippen molar-refractivity contribution in [3.05, 3.63) is 35.9 Å². The SMILES string of the molecule is CN(C(=O)CNC(=O)Cc1ccccc1)C1(C(=O)O)CCCCC1. The average Bonchev–Trinajstić information content (AvgIpc) is 2.60. The Hall–Kier alpha value is -2.37. The highest BCUT2D eigenvalue weighted by Gasteiger charge is 2.45. The van der Waals surface area contributed by atoms with E-state index < -0.39 is 11.5 Å². The third-order valence-electron chi connectivity index (χ3n) is 4.74. The number of carboxylic acids is 1. The van der Waals surface area contributed by atoms with Gasteiger partial charge in [0.2, 0.25) is 11.8 Å². The number of hydrogen-bond donors (Lipinski definition) is 2. The highest BCUT2D eigenvalue weighted by molar-refractivity contribution is 5.90. The van der Waals surface area contributed by atoms with E-state index >= 15 is 0 Å². The topological polar surface area (TPSA) is 86.7 Å². The minimum absolute atomic E-state index is 0.183. The Morgan fingerprint density at radius 3 is 2.33 bits per heavy atom. The summed E-state index contributed by atoms with van der Waals surface area (Å²) < 4.78 is 0. The molecule has 1 aliphatic carbocycles. The van der Waals surface area contributed by atoms with Crippen molar-refractivity contribution in [2.75, 3.05) is 13.6 Å². The van der Waals surface area contributed by atoms with Crippen molar-refractivity contribution in [2.45, 2.75) is 44.1 Å². The standard InChI is InChI=1S/C18H24N2O4/c1-20(18(17(23)24)10-6-3-7-11-18)16(22)13-19-15(21)12-14-8-4-2-5-9-14/h2,4-5,8-9H,3,6-7,10-13H2,1H3,(H,19,21)(H,23,24). The smallest absolute Gasteiger partial charge is 0.329 e. The van der Waals surface area contributed by atoms with Crippen molar-refractivity contribution in [3.8, 4) is 0 Å². The molecule has 1 aromatic rings. The minimum atomic E-state index is -1.14. The van der Waals surface area contributed by atoms with Gasteiger partial charge in [-0.2, -0.15) is 0 Å². The maximum absolute atomic E-state index is 12.4. The molecule has 6 nitrogen and oxygen atoms in total. The molecule has 24 heavy (non-hydrogen) atoms. The average molecular weight is 332 g/mol. The van der Waals surface area contributed by atoms with Crippen molar-refractivity contribution >= 4 is 17.8 Å². The maximum atomic E-state index is 12.4. The van der Waals surface area contributed by atoms with Crippen molar-refractivity contribution < 1.29 is 19.5 Å². The number of amides is 2. The summed E-state index contributed by atoms with van der Waals surface area (Å²) in [6.45, 7) is -0.183. The molecule has 6 heteroatoms. The number of rotatable bonds is 6. The van der Waals surface area contributed by atoms with Crippen molar-refractivity contribution in [3.63, 3.8) is 0 Å². The van der Waals surface area contributed by atoms with Crippen LogP contribution < -0.4 is 5.32 Å². The molecule has 2 amide bonds. The predicted molar refractivity (Wildman–Crippen MR) is 89.4 cm³/mol. The largest absolute Gasteiger partial charge is 0.479 e. The zero-order valence-corrected chi connectivity index (χ0v) is 14.0. The Bertz CT molecular complexity index is 594. The molecular formula is C18H24N2O4. The molecule has 0 heterocycles. The zero-order chi connectivity index (χ0) is 17.6. The third kappa shape index (κ3) is 4.13. The Morgan fingerprint density at radius 1 is 1.12 bits per heavy atom. The molecule has 1 fully saturated rings. The molecule has 0 aromatic heterocycles. The maximum Gasteiger partial charge on any atom is 0.329 e. The Balaban J connectivity index is 1.91. The lowest BCUT2D eigenvalue weighted by molar-refractivity contribution is -0.160. The molecule has 0 aliphatic heterocycles. The fraction of sp³-hybridized carbons (Fsp3) is 0.500. The van der Waals surface area contributed by atoms with Crippen LogP contribution >= 0.6 is 0 Å². The van der Waals surface area contributed by atoms with Gasteiger partial charge in [0.05, 0.1) is 13.0 Å². The summed E-state index contributed by atoms with van der Waals surface area (Å²) in [7, 11) is 1.52. The lowest BCUT2D eigenvalue weighted by atomic mass is 9.80. The molecule has 0 spiro atoms. The van der Waals surface area contributed by atoms with Gasteiger partial charge in [0.15, 0.2) is 0 Å². The van der Waals surface area contributed by atoms with E-state index in [0.717, 1.165) is 24.8 Å². The molecule has 130 valence electrons. The first-order chi connectivity index (χ1) is 11.5. The predicted octanol–water partition coefficient (Wildman–Crippen LogP) is 1.59. The minimum Gasteiger partial charge on any atom is -0.479 e. The van der Waals surface area contributed by atoms with Crippen LogP contribution in [0.2, 0.25) is 0 Å². The number of carbonyl (C=O) groups is 3. The third-order valence-corrected chi connectivity index (χ3v) is 4.74. The normalized spacial score (nSPS) is 16.2. The summed E-state index contributed by atoms with van der Waals surface area (Å²) in [6.07, 6.45) is 3.70. The Labute approximate surface area is 141 Å². The van der Waals surface area contributed by atoms with E-state index in [1.807, 2.05) is 30.3 Å². The summed E-state index contributed by atoms with van der Waals surface area (Å²) >= 11 is 0. The molecule has 0 saturated heterocycles. The number of aliphatic carboxylic acids is 1. The number of nitrogens with zero attached hydrogens (tertiary/aromatic N) is 1. The molecular weight excluding hydrogens is 308 g/mol. The van der Waals surface area contributed by atoms with Crippen LogP contribution in [-0.4, -0.2) is 46.9 Å². The van der Waals surface area contributed by atoms with E-state index in [2.05, 4.69) is 5.32 Å². The van der Waals surface area contributed by atoms with E-state index in [9.17, 15) is 19.5 Å². The van der Waals surface area contributed by atoms with E-state index in [1.165, 1.54) is 11.9 Å². The first-order valence-corrected chi connectivity index (χ1v) is 8.26. The fourth-order valence-corrected chi connectivity index (χ4v) is 3.20. The van der Waals surface area contributed by atoms with Gasteiger partial charge in [-0.05, 0) is 18.4 Å².